The van der Waals surface area contributed by atoms with Crippen LogP contribution in [0.4, 0.5) is 10.6 Å². The Bertz CT molecular complexity index is 1090. The van der Waals surface area contributed by atoms with Crippen LogP contribution >= 0.6 is 0 Å². The first-order valence-corrected chi connectivity index (χ1v) is 10.6. The summed E-state index contributed by atoms with van der Waals surface area (Å²) in [5.41, 5.74) is 0.848. The molecule has 0 spiro atoms. The Hall–Kier alpha value is -3.35. The molecule has 0 bridgehead atoms. The van der Waals surface area contributed by atoms with Crippen LogP contribution in [0.5, 0.6) is 5.75 Å². The molecule has 7 nitrogen and oxygen atoms in total. The van der Waals surface area contributed by atoms with Gasteiger partial charge in [0, 0.05) is 24.5 Å². The number of hydrogen-bond acceptors (Lipinski definition) is 6. The summed E-state index contributed by atoms with van der Waals surface area (Å²) in [4.78, 5) is 23.7. The molecular weight excluding hydrogens is 392 g/mol. The second-order valence-electron chi connectivity index (χ2n) is 8.84. The maximum Gasteiger partial charge on any atom is 0.410 e. The monoisotopic (exact) mass is 420 g/mol. The van der Waals surface area contributed by atoms with Crippen molar-refractivity contribution in [1.29, 1.82) is 0 Å². The van der Waals surface area contributed by atoms with E-state index in [4.69, 9.17) is 9.72 Å². The first kappa shape index (κ1) is 20.9. The number of fused-ring (bicyclic) bond motifs is 1. The summed E-state index contributed by atoms with van der Waals surface area (Å²) in [5, 5.41) is 14.7. The third-order valence-electron chi connectivity index (χ3n) is 5.16. The highest BCUT2D eigenvalue weighted by molar-refractivity contribution is 5.91. The number of phenolic OH excluding ortho intramolecular Hbond substituents is 1. The van der Waals surface area contributed by atoms with Crippen molar-refractivity contribution >= 4 is 22.8 Å². The summed E-state index contributed by atoms with van der Waals surface area (Å²) in [5.74, 6) is 1.29. The summed E-state index contributed by atoms with van der Waals surface area (Å²) in [6, 6.07) is 14.9. The third-order valence-corrected chi connectivity index (χ3v) is 5.16. The number of carbonyl (C=O) groups excluding carboxylic acids is 1. The molecule has 1 amide bonds. The van der Waals surface area contributed by atoms with E-state index in [0.29, 0.717) is 30.3 Å². The summed E-state index contributed by atoms with van der Waals surface area (Å²) in [6.07, 6.45) is 1.51. The van der Waals surface area contributed by atoms with E-state index in [2.05, 4.69) is 10.3 Å². The Morgan fingerprint density at radius 1 is 1.13 bits per heavy atom. The fourth-order valence-corrected chi connectivity index (χ4v) is 3.75. The number of hydrogen-bond donors (Lipinski definition) is 2. The number of likely N-dealkylation sites (tertiary alicyclic amines) is 1. The zero-order valence-corrected chi connectivity index (χ0v) is 18.1. The van der Waals surface area contributed by atoms with Gasteiger partial charge in [0.2, 0.25) is 0 Å². The molecule has 1 aliphatic rings. The molecule has 0 radical (unpaired) electrons. The van der Waals surface area contributed by atoms with E-state index in [0.717, 1.165) is 23.7 Å². The molecule has 0 aliphatic carbocycles. The molecule has 0 unspecified atom stereocenters. The molecule has 0 saturated carbocycles. The molecule has 31 heavy (non-hydrogen) atoms. The van der Waals surface area contributed by atoms with Gasteiger partial charge in [-0.1, -0.05) is 24.3 Å². The molecule has 2 N–H and O–H groups in total. The molecule has 1 aliphatic heterocycles. The Kier molecular flexibility index (Phi) is 5.67. The largest absolute Gasteiger partial charge is 0.507 e. The highest BCUT2D eigenvalue weighted by atomic mass is 16.6. The second kappa shape index (κ2) is 8.41. The number of para-hydroxylation sites is 2. The summed E-state index contributed by atoms with van der Waals surface area (Å²) < 4.78 is 5.54. The highest BCUT2D eigenvalue weighted by Crippen LogP contribution is 2.30. The minimum absolute atomic E-state index is 0.0387. The lowest BCUT2D eigenvalue weighted by atomic mass is 10.1. The quantitative estimate of drug-likeness (QED) is 0.632. The van der Waals surface area contributed by atoms with Crippen molar-refractivity contribution in [2.75, 3.05) is 18.4 Å². The zero-order valence-electron chi connectivity index (χ0n) is 18.1. The van der Waals surface area contributed by atoms with Crippen molar-refractivity contribution < 1.29 is 14.6 Å². The van der Waals surface area contributed by atoms with Crippen LogP contribution in [0, 0.1) is 0 Å². The minimum Gasteiger partial charge on any atom is -0.507 e. The van der Waals surface area contributed by atoms with Gasteiger partial charge >= 0.3 is 6.09 Å². The number of ether oxygens (including phenoxy) is 1. The average molecular weight is 421 g/mol. The third kappa shape index (κ3) is 4.87. The maximum atomic E-state index is 12.5. The van der Waals surface area contributed by atoms with Crippen molar-refractivity contribution in [3.63, 3.8) is 0 Å². The van der Waals surface area contributed by atoms with Gasteiger partial charge < -0.3 is 20.1 Å². The lowest BCUT2D eigenvalue weighted by molar-refractivity contribution is 0.0206. The van der Waals surface area contributed by atoms with E-state index in [-0.39, 0.29) is 17.9 Å². The van der Waals surface area contributed by atoms with E-state index in [1.54, 1.807) is 23.1 Å². The van der Waals surface area contributed by atoms with E-state index in [1.807, 2.05) is 51.1 Å². The molecule has 1 fully saturated rings. The number of aromatic nitrogens is 2. The Labute approximate surface area is 182 Å². The summed E-state index contributed by atoms with van der Waals surface area (Å²) >= 11 is 0. The SMILES string of the molecule is CC(C)(C)OC(=O)N1CCC[C@@H](Nc2nc(-c3ccccc3O)nc3ccccc23)C1. The van der Waals surface area contributed by atoms with E-state index in [1.165, 1.54) is 0 Å². The van der Waals surface area contributed by atoms with Crippen molar-refractivity contribution in [1.82, 2.24) is 14.9 Å². The van der Waals surface area contributed by atoms with Crippen molar-refractivity contribution in [3.05, 3.63) is 48.5 Å². The summed E-state index contributed by atoms with van der Waals surface area (Å²) in [7, 11) is 0. The van der Waals surface area contributed by atoms with Crippen LogP contribution in [-0.4, -0.2) is 50.8 Å². The average Bonchev–Trinajstić information content (AvgIpc) is 2.73. The number of nitrogens with zero attached hydrogens (tertiary/aromatic N) is 3. The standard InChI is InChI=1S/C24H28N4O3/c1-24(2,3)31-23(30)28-14-8-9-16(15-28)25-21-17-10-4-6-12-19(17)26-22(27-21)18-11-5-7-13-20(18)29/h4-7,10-13,16,29H,8-9,14-15H2,1-3H3,(H,25,26,27)/t16-/m1/s1. The molecule has 1 aromatic heterocycles. The van der Waals surface area contributed by atoms with E-state index in [9.17, 15) is 9.90 Å². The fourth-order valence-electron chi connectivity index (χ4n) is 3.75. The Morgan fingerprint density at radius 2 is 1.87 bits per heavy atom. The number of aromatic hydroxyl groups is 1. The van der Waals surface area contributed by atoms with Gasteiger partial charge in [0.05, 0.1) is 11.1 Å². The number of phenols is 1. The van der Waals surface area contributed by atoms with Crippen LogP contribution < -0.4 is 5.32 Å². The van der Waals surface area contributed by atoms with Crippen LogP contribution in [0.2, 0.25) is 0 Å². The first-order chi connectivity index (χ1) is 14.8. The predicted molar refractivity (Wildman–Crippen MR) is 121 cm³/mol. The number of anilines is 1. The molecule has 1 atom stereocenters. The van der Waals surface area contributed by atoms with Crippen molar-refractivity contribution in [2.45, 2.75) is 45.3 Å². The van der Waals surface area contributed by atoms with Gasteiger partial charge in [-0.25, -0.2) is 14.8 Å². The normalized spacial score (nSPS) is 16.9. The summed E-state index contributed by atoms with van der Waals surface area (Å²) in [6.45, 7) is 6.84. The fraction of sp³-hybridized carbons (Fsp3) is 0.375. The van der Waals surface area contributed by atoms with Crippen LogP contribution in [0.1, 0.15) is 33.6 Å². The van der Waals surface area contributed by atoms with Crippen molar-refractivity contribution in [2.24, 2.45) is 0 Å². The van der Waals surface area contributed by atoms with Gasteiger partial charge in [-0.2, -0.15) is 0 Å². The number of amides is 1. The van der Waals surface area contributed by atoms with Crippen LogP contribution in [0.3, 0.4) is 0 Å². The number of carbonyl (C=O) groups is 1. The molecule has 3 aromatic rings. The number of piperidine rings is 1. The first-order valence-electron chi connectivity index (χ1n) is 10.6. The minimum atomic E-state index is -0.521. The molecule has 1 saturated heterocycles. The van der Waals surface area contributed by atoms with Crippen LogP contribution in [0.25, 0.3) is 22.3 Å². The molecule has 4 rings (SSSR count). The van der Waals surface area contributed by atoms with E-state index < -0.39 is 5.60 Å². The molecular formula is C24H28N4O3. The van der Waals surface area contributed by atoms with Gasteiger partial charge in [-0.05, 0) is 57.9 Å². The number of rotatable bonds is 3. The van der Waals surface area contributed by atoms with Gasteiger partial charge in [-0.3, -0.25) is 0 Å². The maximum absolute atomic E-state index is 12.5. The highest BCUT2D eigenvalue weighted by Gasteiger charge is 2.28. The van der Waals surface area contributed by atoms with Crippen LogP contribution in [0.15, 0.2) is 48.5 Å². The lowest BCUT2D eigenvalue weighted by Gasteiger charge is -2.34. The molecule has 7 heteroatoms. The van der Waals surface area contributed by atoms with Gasteiger partial charge in [0.15, 0.2) is 5.82 Å². The van der Waals surface area contributed by atoms with Gasteiger partial charge in [0.1, 0.15) is 17.2 Å². The molecule has 162 valence electrons. The smallest absolute Gasteiger partial charge is 0.410 e. The van der Waals surface area contributed by atoms with Gasteiger partial charge in [0.25, 0.3) is 0 Å². The van der Waals surface area contributed by atoms with Crippen LogP contribution in [-0.2, 0) is 4.74 Å². The van der Waals surface area contributed by atoms with Crippen molar-refractivity contribution in [3.8, 4) is 17.1 Å². The molecule has 2 aromatic carbocycles. The Balaban J connectivity index is 1.62. The predicted octanol–water partition coefficient (Wildman–Crippen LogP) is 4.81. The Morgan fingerprint density at radius 3 is 2.65 bits per heavy atom. The lowest BCUT2D eigenvalue weighted by Crippen LogP contribution is -2.47. The number of benzene rings is 2. The number of nitrogens with one attached hydrogen (secondary N) is 1. The van der Waals surface area contributed by atoms with Gasteiger partial charge in [-0.15, -0.1) is 0 Å². The topological polar surface area (TPSA) is 87.6 Å². The molecule has 2 heterocycles. The second-order valence-corrected chi connectivity index (χ2v) is 8.84. The van der Waals surface area contributed by atoms with E-state index >= 15 is 0 Å². The zero-order chi connectivity index (χ0) is 22.0.